The zero-order valence-electron chi connectivity index (χ0n) is 14.2. The van der Waals surface area contributed by atoms with Gasteiger partial charge in [-0.2, -0.15) is 5.26 Å². The van der Waals surface area contributed by atoms with Gasteiger partial charge in [0, 0.05) is 22.0 Å². The molecule has 1 aromatic heterocycles. The van der Waals surface area contributed by atoms with Crippen LogP contribution in [0.2, 0.25) is 5.02 Å². The van der Waals surface area contributed by atoms with Gasteiger partial charge in [-0.25, -0.2) is 13.8 Å². The quantitative estimate of drug-likeness (QED) is 0.631. The third kappa shape index (κ3) is 4.82. The van der Waals surface area contributed by atoms with E-state index in [1.54, 1.807) is 30.3 Å². The molecule has 1 unspecified atom stereocenters. The molecule has 1 heterocycles. The van der Waals surface area contributed by atoms with Crippen LogP contribution < -0.4 is 10.1 Å². The van der Waals surface area contributed by atoms with E-state index in [0.29, 0.717) is 21.8 Å². The summed E-state index contributed by atoms with van der Waals surface area (Å²) in [5.41, 5.74) is -0.0544. The molecule has 1 amide bonds. The minimum atomic E-state index is -1.27. The van der Waals surface area contributed by atoms with Gasteiger partial charge in [-0.3, -0.25) is 4.79 Å². The molecule has 0 saturated heterocycles. The van der Waals surface area contributed by atoms with Gasteiger partial charge in [-0.1, -0.05) is 17.7 Å². The molecular formula is C19H12ClF2N3O2S. The van der Waals surface area contributed by atoms with Crippen molar-refractivity contribution in [2.24, 2.45) is 0 Å². The number of benzene rings is 2. The average Bonchev–Trinajstić information content (AvgIpc) is 3.15. The summed E-state index contributed by atoms with van der Waals surface area (Å²) in [6.45, 7) is 0.147. The predicted octanol–water partition coefficient (Wildman–Crippen LogP) is 4.65. The molecule has 3 aromatic rings. The first-order chi connectivity index (χ1) is 13.5. The third-order valence-corrected chi connectivity index (χ3v) is 4.71. The Kier molecular flexibility index (Phi) is 6.19. The van der Waals surface area contributed by atoms with Crippen LogP contribution in [0.1, 0.15) is 27.1 Å². The van der Waals surface area contributed by atoms with E-state index >= 15 is 0 Å². The monoisotopic (exact) mass is 419 g/mol. The minimum absolute atomic E-state index is 0.0717. The number of nitriles is 1. The van der Waals surface area contributed by atoms with E-state index in [-0.39, 0.29) is 17.9 Å². The SMILES string of the molecule is N#CC(NC(=O)c1csc(COc2ccc(Cl)cc2)n1)c1ccc(F)cc1F. The van der Waals surface area contributed by atoms with E-state index in [4.69, 9.17) is 16.3 Å². The Bertz CT molecular complexity index is 1030. The van der Waals surface area contributed by atoms with Crippen molar-refractivity contribution in [1.29, 1.82) is 5.26 Å². The van der Waals surface area contributed by atoms with Gasteiger partial charge in [0.1, 0.15) is 40.7 Å². The van der Waals surface area contributed by atoms with Crippen molar-refractivity contribution in [3.63, 3.8) is 0 Å². The fraction of sp³-hybridized carbons (Fsp3) is 0.105. The second kappa shape index (κ2) is 8.78. The molecule has 3 rings (SSSR count). The van der Waals surface area contributed by atoms with Gasteiger partial charge in [0.25, 0.3) is 5.91 Å². The molecule has 0 aliphatic rings. The Balaban J connectivity index is 1.64. The van der Waals surface area contributed by atoms with Crippen molar-refractivity contribution in [3.05, 3.63) is 80.8 Å². The zero-order chi connectivity index (χ0) is 20.1. The molecule has 9 heteroatoms. The zero-order valence-corrected chi connectivity index (χ0v) is 15.7. The van der Waals surface area contributed by atoms with Gasteiger partial charge < -0.3 is 10.1 Å². The van der Waals surface area contributed by atoms with Crippen molar-refractivity contribution >= 4 is 28.8 Å². The van der Waals surface area contributed by atoms with Gasteiger partial charge in [0.15, 0.2) is 0 Å². The maximum Gasteiger partial charge on any atom is 0.272 e. The molecule has 0 aliphatic heterocycles. The topological polar surface area (TPSA) is 75.0 Å². The summed E-state index contributed by atoms with van der Waals surface area (Å²) in [5, 5.41) is 14.2. The van der Waals surface area contributed by atoms with Crippen molar-refractivity contribution in [1.82, 2.24) is 10.3 Å². The Morgan fingerprint density at radius 1 is 1.29 bits per heavy atom. The van der Waals surface area contributed by atoms with Gasteiger partial charge in [0.05, 0.1) is 6.07 Å². The van der Waals surface area contributed by atoms with Gasteiger partial charge >= 0.3 is 0 Å². The number of halogens is 3. The highest BCUT2D eigenvalue weighted by molar-refractivity contribution is 7.09. The first-order valence-electron chi connectivity index (χ1n) is 7.94. The maximum absolute atomic E-state index is 13.9. The summed E-state index contributed by atoms with van der Waals surface area (Å²) in [4.78, 5) is 16.5. The number of amides is 1. The van der Waals surface area contributed by atoms with E-state index < -0.39 is 23.6 Å². The molecule has 142 valence electrons. The van der Waals surface area contributed by atoms with Gasteiger partial charge in [-0.15, -0.1) is 11.3 Å². The lowest BCUT2D eigenvalue weighted by Crippen LogP contribution is -2.28. The predicted molar refractivity (Wildman–Crippen MR) is 100 cm³/mol. The first kappa shape index (κ1) is 19.7. The van der Waals surface area contributed by atoms with Gasteiger partial charge in [-0.05, 0) is 30.3 Å². The number of carbonyl (C=O) groups excluding carboxylic acids is 1. The van der Waals surface area contributed by atoms with Crippen LogP contribution in [0.15, 0.2) is 47.8 Å². The smallest absolute Gasteiger partial charge is 0.272 e. The van der Waals surface area contributed by atoms with E-state index in [1.807, 2.05) is 0 Å². The normalized spacial score (nSPS) is 11.5. The molecule has 0 spiro atoms. The summed E-state index contributed by atoms with van der Waals surface area (Å²) in [7, 11) is 0. The Morgan fingerprint density at radius 3 is 2.71 bits per heavy atom. The number of carbonyl (C=O) groups is 1. The van der Waals surface area contributed by atoms with E-state index in [0.717, 1.165) is 12.1 Å². The molecule has 1 N–H and O–H groups in total. The van der Waals surface area contributed by atoms with Crippen LogP contribution >= 0.6 is 22.9 Å². The van der Waals surface area contributed by atoms with Crippen molar-refractivity contribution in [2.75, 3.05) is 0 Å². The van der Waals surface area contributed by atoms with Crippen LogP contribution in [0, 0.1) is 23.0 Å². The van der Waals surface area contributed by atoms with Crippen LogP contribution in [0.4, 0.5) is 8.78 Å². The number of ether oxygens (including phenoxy) is 1. The van der Waals surface area contributed by atoms with E-state index in [2.05, 4.69) is 10.3 Å². The van der Waals surface area contributed by atoms with Crippen LogP contribution in [0.3, 0.4) is 0 Å². The lowest BCUT2D eigenvalue weighted by molar-refractivity contribution is 0.0940. The lowest BCUT2D eigenvalue weighted by Gasteiger charge is -2.12. The van der Waals surface area contributed by atoms with E-state index in [1.165, 1.54) is 16.7 Å². The highest BCUT2D eigenvalue weighted by atomic mass is 35.5. The lowest BCUT2D eigenvalue weighted by atomic mass is 10.1. The summed E-state index contributed by atoms with van der Waals surface area (Å²) < 4.78 is 32.4. The largest absolute Gasteiger partial charge is 0.486 e. The third-order valence-electron chi connectivity index (χ3n) is 3.64. The molecule has 5 nitrogen and oxygen atoms in total. The molecule has 28 heavy (non-hydrogen) atoms. The summed E-state index contributed by atoms with van der Waals surface area (Å²) in [6.07, 6.45) is 0. The van der Waals surface area contributed by atoms with E-state index in [9.17, 15) is 18.8 Å². The van der Waals surface area contributed by atoms with Crippen LogP contribution in [-0.4, -0.2) is 10.9 Å². The number of rotatable bonds is 6. The number of thiazole rings is 1. The van der Waals surface area contributed by atoms with Crippen LogP contribution in [0.25, 0.3) is 0 Å². The molecule has 2 aromatic carbocycles. The van der Waals surface area contributed by atoms with Gasteiger partial charge in [0.2, 0.25) is 0 Å². The fourth-order valence-electron chi connectivity index (χ4n) is 2.28. The summed E-state index contributed by atoms with van der Waals surface area (Å²) in [6, 6.07) is 10.1. The first-order valence-corrected chi connectivity index (χ1v) is 9.20. The standard InChI is InChI=1S/C19H12ClF2N3O2S/c20-11-1-4-13(5-2-11)27-9-18-24-17(10-28-18)19(26)25-16(8-23)14-6-3-12(21)7-15(14)22/h1-7,10,16H,9H2,(H,25,26). The summed E-state index contributed by atoms with van der Waals surface area (Å²) in [5.74, 6) is -1.73. The number of hydrogen-bond acceptors (Lipinski definition) is 5. The molecule has 0 bridgehead atoms. The number of aromatic nitrogens is 1. The van der Waals surface area contributed by atoms with Crippen molar-refractivity contribution in [2.45, 2.75) is 12.6 Å². The fourth-order valence-corrected chi connectivity index (χ4v) is 3.09. The molecule has 0 fully saturated rings. The van der Waals surface area contributed by atoms with Crippen molar-refractivity contribution in [3.8, 4) is 11.8 Å². The Morgan fingerprint density at radius 2 is 2.04 bits per heavy atom. The maximum atomic E-state index is 13.9. The molecule has 0 saturated carbocycles. The Hall–Kier alpha value is -3.02. The molecule has 0 radical (unpaired) electrons. The summed E-state index contributed by atoms with van der Waals surface area (Å²) >= 11 is 7.01. The van der Waals surface area contributed by atoms with Crippen molar-refractivity contribution < 1.29 is 18.3 Å². The molecular weight excluding hydrogens is 408 g/mol. The number of nitrogens with zero attached hydrogens (tertiary/aromatic N) is 2. The minimum Gasteiger partial charge on any atom is -0.486 e. The van der Waals surface area contributed by atoms with Crippen LogP contribution in [-0.2, 0) is 6.61 Å². The Labute approximate surface area is 168 Å². The average molecular weight is 420 g/mol. The second-order valence-corrected chi connectivity index (χ2v) is 6.95. The highest BCUT2D eigenvalue weighted by Crippen LogP contribution is 2.20. The highest BCUT2D eigenvalue weighted by Gasteiger charge is 2.20. The number of nitrogens with one attached hydrogen (secondary N) is 1. The molecule has 1 atom stereocenters. The molecule has 0 aliphatic carbocycles. The second-order valence-electron chi connectivity index (χ2n) is 5.57. The van der Waals surface area contributed by atoms with Crippen LogP contribution in [0.5, 0.6) is 5.75 Å². The number of hydrogen-bond donors (Lipinski definition) is 1.